The first kappa shape index (κ1) is 17.7. The maximum Gasteiger partial charge on any atom is 0.310 e. The highest BCUT2D eigenvalue weighted by Gasteiger charge is 2.33. The molecule has 4 heteroatoms. The molecular formula is C24H20N2O2. The van der Waals surface area contributed by atoms with Crippen LogP contribution in [0, 0.1) is 13.8 Å². The average molecular weight is 368 g/mol. The van der Waals surface area contributed by atoms with Crippen LogP contribution in [0.1, 0.15) is 16.7 Å². The van der Waals surface area contributed by atoms with Gasteiger partial charge in [-0.05, 0) is 60.9 Å². The minimum Gasteiger partial charge on any atom is -0.425 e. The topological polar surface area (TPSA) is 41.9 Å². The molecule has 0 N–H and O–H groups in total. The molecule has 1 amide bonds. The number of ether oxygens (including phenoxy) is 1. The maximum atomic E-state index is 13.1. The molecule has 0 bridgehead atoms. The summed E-state index contributed by atoms with van der Waals surface area (Å²) in [7, 11) is 0. The van der Waals surface area contributed by atoms with Gasteiger partial charge in [0, 0.05) is 0 Å². The van der Waals surface area contributed by atoms with E-state index >= 15 is 0 Å². The van der Waals surface area contributed by atoms with E-state index in [1.54, 1.807) is 6.08 Å². The molecular weight excluding hydrogens is 348 g/mol. The lowest BCUT2D eigenvalue weighted by Gasteiger charge is -2.18. The Balaban J connectivity index is 1.74. The summed E-state index contributed by atoms with van der Waals surface area (Å²) in [6.45, 7) is 4.08. The Labute approximate surface area is 164 Å². The molecule has 0 saturated carbocycles. The van der Waals surface area contributed by atoms with Gasteiger partial charge in [-0.15, -0.1) is 0 Å². The molecule has 1 aliphatic rings. The number of para-hydroxylation sites is 1. The molecule has 1 heterocycles. The summed E-state index contributed by atoms with van der Waals surface area (Å²) < 4.78 is 6.03. The fraction of sp³-hybridized carbons (Fsp3) is 0.0833. The number of hydrogen-bond acceptors (Lipinski definition) is 3. The number of hydrogen-bond donors (Lipinski definition) is 0. The van der Waals surface area contributed by atoms with Gasteiger partial charge in [-0.25, -0.2) is 4.90 Å². The number of amidine groups is 1. The fourth-order valence-corrected chi connectivity index (χ4v) is 2.96. The van der Waals surface area contributed by atoms with Gasteiger partial charge >= 0.3 is 6.02 Å². The van der Waals surface area contributed by atoms with Crippen LogP contribution in [-0.4, -0.2) is 11.9 Å². The van der Waals surface area contributed by atoms with Crippen LogP contribution in [0.5, 0.6) is 5.75 Å². The van der Waals surface area contributed by atoms with Crippen molar-refractivity contribution in [1.82, 2.24) is 0 Å². The first-order valence-corrected chi connectivity index (χ1v) is 9.12. The van der Waals surface area contributed by atoms with Crippen molar-refractivity contribution >= 4 is 23.7 Å². The van der Waals surface area contributed by atoms with Crippen LogP contribution in [0.3, 0.4) is 0 Å². The largest absolute Gasteiger partial charge is 0.425 e. The van der Waals surface area contributed by atoms with E-state index in [1.807, 2.05) is 92.7 Å². The highest BCUT2D eigenvalue weighted by atomic mass is 16.5. The van der Waals surface area contributed by atoms with Crippen LogP contribution >= 0.6 is 0 Å². The molecule has 3 aromatic rings. The lowest BCUT2D eigenvalue weighted by Crippen LogP contribution is -2.35. The highest BCUT2D eigenvalue weighted by molar-refractivity contribution is 6.27. The smallest absolute Gasteiger partial charge is 0.310 e. The Morgan fingerprint density at radius 3 is 2.21 bits per heavy atom. The molecule has 0 spiro atoms. The van der Waals surface area contributed by atoms with Crippen LogP contribution in [0.4, 0.5) is 5.69 Å². The third-order valence-corrected chi connectivity index (χ3v) is 4.63. The lowest BCUT2D eigenvalue weighted by molar-refractivity contribution is -0.113. The second kappa shape index (κ2) is 7.53. The number of nitrogens with zero attached hydrogens (tertiary/aromatic N) is 2. The van der Waals surface area contributed by atoms with Crippen LogP contribution in [0.15, 0.2) is 89.6 Å². The van der Waals surface area contributed by atoms with Crippen molar-refractivity contribution in [3.8, 4) is 5.75 Å². The van der Waals surface area contributed by atoms with Crippen LogP contribution in [0.2, 0.25) is 0 Å². The normalized spacial score (nSPS) is 15.1. The predicted molar refractivity (Wildman–Crippen MR) is 112 cm³/mol. The first-order valence-electron chi connectivity index (χ1n) is 9.12. The van der Waals surface area contributed by atoms with Gasteiger partial charge < -0.3 is 4.74 Å². The summed E-state index contributed by atoms with van der Waals surface area (Å²) in [5.74, 6) is 0.436. The van der Waals surface area contributed by atoms with Gasteiger partial charge in [-0.2, -0.15) is 4.99 Å². The third kappa shape index (κ3) is 3.58. The number of carbonyl (C=O) groups is 1. The predicted octanol–water partition coefficient (Wildman–Crippen LogP) is 5.13. The van der Waals surface area contributed by atoms with Crippen molar-refractivity contribution < 1.29 is 9.53 Å². The second-order valence-corrected chi connectivity index (χ2v) is 6.66. The lowest BCUT2D eigenvalue weighted by atomic mass is 10.1. The Morgan fingerprint density at radius 1 is 0.857 bits per heavy atom. The Kier molecular flexibility index (Phi) is 4.77. The average Bonchev–Trinajstić information content (AvgIpc) is 3.01. The molecule has 4 rings (SSSR count). The quantitative estimate of drug-likeness (QED) is 0.602. The number of carbonyl (C=O) groups excluding carboxylic acids is 1. The molecule has 0 saturated heterocycles. The zero-order chi connectivity index (χ0) is 19.5. The fourth-order valence-electron chi connectivity index (χ4n) is 2.96. The van der Waals surface area contributed by atoms with E-state index in [0.29, 0.717) is 17.1 Å². The van der Waals surface area contributed by atoms with E-state index in [9.17, 15) is 4.79 Å². The number of rotatable bonds is 3. The van der Waals surface area contributed by atoms with Gasteiger partial charge in [0.15, 0.2) is 0 Å². The van der Waals surface area contributed by atoms with E-state index in [2.05, 4.69) is 4.99 Å². The minimum atomic E-state index is -0.214. The summed E-state index contributed by atoms with van der Waals surface area (Å²) in [4.78, 5) is 19.1. The zero-order valence-electron chi connectivity index (χ0n) is 15.8. The summed E-state index contributed by atoms with van der Waals surface area (Å²) in [6, 6.07) is 25.1. The van der Waals surface area contributed by atoms with Crippen molar-refractivity contribution in [2.75, 3.05) is 4.90 Å². The molecule has 0 unspecified atom stereocenters. The number of aliphatic imine (C=N–C) groups is 1. The van der Waals surface area contributed by atoms with Gasteiger partial charge in [0.2, 0.25) is 0 Å². The number of benzene rings is 3. The Morgan fingerprint density at radius 2 is 1.54 bits per heavy atom. The highest BCUT2D eigenvalue weighted by Crippen LogP contribution is 2.27. The van der Waals surface area contributed by atoms with Crippen molar-refractivity contribution in [2.45, 2.75) is 13.8 Å². The number of anilines is 1. The third-order valence-electron chi connectivity index (χ3n) is 4.63. The molecule has 0 atom stereocenters. The van der Waals surface area contributed by atoms with Crippen molar-refractivity contribution in [3.05, 3.63) is 101 Å². The molecule has 0 aromatic heterocycles. The maximum absolute atomic E-state index is 13.1. The zero-order valence-corrected chi connectivity index (χ0v) is 15.8. The van der Waals surface area contributed by atoms with Crippen molar-refractivity contribution in [2.24, 2.45) is 4.99 Å². The van der Waals surface area contributed by atoms with Gasteiger partial charge in [0.05, 0.1) is 5.69 Å². The molecule has 3 aromatic carbocycles. The van der Waals surface area contributed by atoms with Crippen molar-refractivity contribution in [3.63, 3.8) is 0 Å². The summed E-state index contributed by atoms with van der Waals surface area (Å²) in [5, 5.41) is 0. The Bertz CT molecular complexity index is 1070. The second-order valence-electron chi connectivity index (χ2n) is 6.66. The van der Waals surface area contributed by atoms with Crippen LogP contribution in [0.25, 0.3) is 6.08 Å². The van der Waals surface area contributed by atoms with Crippen LogP contribution < -0.4 is 9.64 Å². The van der Waals surface area contributed by atoms with E-state index in [1.165, 1.54) is 10.5 Å². The van der Waals surface area contributed by atoms with E-state index in [-0.39, 0.29) is 11.9 Å². The summed E-state index contributed by atoms with van der Waals surface area (Å²) >= 11 is 0. The minimum absolute atomic E-state index is 0.214. The molecule has 0 radical (unpaired) electrons. The summed E-state index contributed by atoms with van der Waals surface area (Å²) in [6.07, 6.45) is 1.77. The molecule has 4 nitrogen and oxygen atoms in total. The Hall–Kier alpha value is -3.66. The number of amides is 1. The standard InChI is InChI=1S/C24H20N2O2/c1-17-13-14-21(15-18(17)2)28-24-25-22(16-19-9-5-3-6-10-19)23(27)26(24)20-11-7-4-8-12-20/h3-16H,1-2H3. The SMILES string of the molecule is Cc1ccc(OC2=NC(=Cc3ccccc3)C(=O)N2c2ccccc2)cc1C. The first-order chi connectivity index (χ1) is 13.6. The molecule has 1 aliphatic heterocycles. The van der Waals surface area contributed by atoms with Gasteiger partial charge in [-0.3, -0.25) is 4.79 Å². The van der Waals surface area contributed by atoms with Crippen molar-refractivity contribution in [1.29, 1.82) is 0 Å². The number of aryl methyl sites for hydroxylation is 2. The summed E-state index contributed by atoms with van der Waals surface area (Å²) in [5.41, 5.74) is 4.27. The van der Waals surface area contributed by atoms with E-state index < -0.39 is 0 Å². The van der Waals surface area contributed by atoms with E-state index in [0.717, 1.165) is 11.1 Å². The molecule has 28 heavy (non-hydrogen) atoms. The monoisotopic (exact) mass is 368 g/mol. The van der Waals surface area contributed by atoms with Gasteiger partial charge in [0.1, 0.15) is 11.4 Å². The van der Waals surface area contributed by atoms with E-state index in [4.69, 9.17) is 4.74 Å². The van der Waals surface area contributed by atoms with Gasteiger partial charge in [-0.1, -0.05) is 54.6 Å². The molecule has 138 valence electrons. The molecule has 0 aliphatic carbocycles. The molecule has 0 fully saturated rings. The van der Waals surface area contributed by atoms with Crippen LogP contribution in [-0.2, 0) is 4.79 Å². The van der Waals surface area contributed by atoms with Gasteiger partial charge in [0.25, 0.3) is 5.91 Å².